The number of aryl methyl sites for hydroxylation is 1. The van der Waals surface area contributed by atoms with Crippen molar-refractivity contribution in [2.45, 2.75) is 74.4 Å². The first-order valence-electron chi connectivity index (χ1n) is 14.7. The van der Waals surface area contributed by atoms with E-state index in [4.69, 9.17) is 11.6 Å². The van der Waals surface area contributed by atoms with Crippen molar-refractivity contribution >= 4 is 29.7 Å². The summed E-state index contributed by atoms with van der Waals surface area (Å²) in [5.41, 5.74) is 3.03. The Kier molecular flexibility index (Phi) is 9.62. The number of benzene rings is 3. The minimum Gasteiger partial charge on any atom is -0.390 e. The summed E-state index contributed by atoms with van der Waals surface area (Å²) < 4.78 is 0. The highest BCUT2D eigenvalue weighted by Crippen LogP contribution is 2.38. The van der Waals surface area contributed by atoms with Crippen LogP contribution in [0, 0.1) is 6.92 Å². The lowest BCUT2D eigenvalue weighted by atomic mass is 9.81. The van der Waals surface area contributed by atoms with Crippen molar-refractivity contribution in [2.75, 3.05) is 6.54 Å². The molecule has 0 radical (unpaired) electrons. The summed E-state index contributed by atoms with van der Waals surface area (Å²) in [7, 11) is 0. The van der Waals surface area contributed by atoms with Gasteiger partial charge in [-0.1, -0.05) is 78.9 Å². The van der Waals surface area contributed by atoms with E-state index in [-0.39, 0.29) is 31.7 Å². The highest BCUT2D eigenvalue weighted by molar-refractivity contribution is 6.21. The Labute approximate surface area is 257 Å². The quantitative estimate of drug-likeness (QED) is 0.198. The lowest BCUT2D eigenvalue weighted by Crippen LogP contribution is -2.65. The van der Waals surface area contributed by atoms with E-state index in [1.54, 1.807) is 4.90 Å². The maximum atomic E-state index is 14.7. The van der Waals surface area contributed by atoms with Gasteiger partial charge in [-0.15, -0.1) is 11.6 Å². The number of amides is 2. The Hall–Kier alpha value is -3.56. The lowest BCUT2D eigenvalue weighted by Gasteiger charge is -2.44. The molecule has 0 unspecified atom stereocenters. The molecule has 226 valence electrons. The molecule has 3 aromatic carbocycles. The number of likely N-dealkylation sites (tertiary alicyclic amines) is 1. The van der Waals surface area contributed by atoms with Crippen molar-refractivity contribution in [3.05, 3.63) is 107 Å². The summed E-state index contributed by atoms with van der Waals surface area (Å²) in [6, 6.07) is 23.2. The molecule has 1 saturated heterocycles. The first kappa shape index (κ1) is 30.9. The van der Waals surface area contributed by atoms with Gasteiger partial charge in [0, 0.05) is 31.3 Å². The molecule has 2 aliphatic rings. The molecular formula is C34H38ClN3O5. The molecule has 0 spiro atoms. The molecule has 5 rings (SSSR count). The number of carbonyl (C=O) groups excluding carboxylic acids is 3. The first-order valence-corrected chi connectivity index (χ1v) is 15.1. The van der Waals surface area contributed by atoms with Gasteiger partial charge in [0.05, 0.1) is 18.2 Å². The van der Waals surface area contributed by atoms with E-state index in [9.17, 15) is 24.6 Å². The zero-order chi connectivity index (χ0) is 30.6. The van der Waals surface area contributed by atoms with E-state index in [0.717, 1.165) is 27.8 Å². The molecule has 1 heterocycles. The maximum absolute atomic E-state index is 14.7. The predicted molar refractivity (Wildman–Crippen MR) is 164 cm³/mol. The van der Waals surface area contributed by atoms with Crippen LogP contribution in [0.3, 0.4) is 0 Å². The third kappa shape index (κ3) is 6.68. The Morgan fingerprint density at radius 2 is 1.77 bits per heavy atom. The van der Waals surface area contributed by atoms with Crippen molar-refractivity contribution in [1.29, 1.82) is 0 Å². The number of aliphatic hydroxyl groups is 2. The molecule has 0 bridgehead atoms. The van der Waals surface area contributed by atoms with Gasteiger partial charge in [-0.2, -0.15) is 0 Å². The van der Waals surface area contributed by atoms with Gasteiger partial charge in [-0.25, -0.2) is 0 Å². The van der Waals surface area contributed by atoms with Crippen LogP contribution in [0.5, 0.6) is 0 Å². The van der Waals surface area contributed by atoms with Gasteiger partial charge >= 0.3 is 0 Å². The Morgan fingerprint density at radius 3 is 2.51 bits per heavy atom. The number of aliphatic hydroxyl groups excluding tert-OH is 2. The molecule has 1 aliphatic carbocycles. The number of alkyl halides is 1. The molecule has 1 aliphatic heterocycles. The third-order valence-corrected chi connectivity index (χ3v) is 9.09. The summed E-state index contributed by atoms with van der Waals surface area (Å²) in [5.74, 6) is -0.774. The van der Waals surface area contributed by atoms with E-state index < -0.39 is 41.1 Å². The number of halogens is 1. The van der Waals surface area contributed by atoms with Gasteiger partial charge in [0.15, 0.2) is 0 Å². The van der Waals surface area contributed by atoms with Crippen molar-refractivity contribution in [2.24, 2.45) is 0 Å². The maximum Gasteiger partial charge on any atom is 0.241 e. The monoisotopic (exact) mass is 603 g/mol. The van der Waals surface area contributed by atoms with Gasteiger partial charge < -0.3 is 25.6 Å². The van der Waals surface area contributed by atoms with Crippen molar-refractivity contribution < 1.29 is 24.6 Å². The topological polar surface area (TPSA) is 119 Å². The Morgan fingerprint density at radius 1 is 1.07 bits per heavy atom. The van der Waals surface area contributed by atoms with Gasteiger partial charge in [0.2, 0.25) is 11.8 Å². The number of nitrogens with zero attached hydrogens (tertiary/aromatic N) is 1. The van der Waals surface area contributed by atoms with Crippen LogP contribution in [0.15, 0.2) is 78.9 Å². The summed E-state index contributed by atoms with van der Waals surface area (Å²) in [6.07, 6.45) is -1.38. The van der Waals surface area contributed by atoms with Gasteiger partial charge in [-0.3, -0.25) is 14.5 Å². The van der Waals surface area contributed by atoms with E-state index in [0.29, 0.717) is 19.3 Å². The van der Waals surface area contributed by atoms with Crippen molar-refractivity contribution in [3.63, 3.8) is 0 Å². The fraction of sp³-hybridized carbons (Fsp3) is 0.382. The van der Waals surface area contributed by atoms with Gasteiger partial charge in [-0.05, 0) is 47.6 Å². The second kappa shape index (κ2) is 13.4. The molecule has 4 N–H and O–H groups in total. The average Bonchev–Trinajstić information content (AvgIpc) is 3.56. The molecule has 0 aromatic heterocycles. The number of fused-ring (bicyclic) bond motifs is 1. The highest BCUT2D eigenvalue weighted by atomic mass is 35.5. The van der Waals surface area contributed by atoms with E-state index in [2.05, 4.69) is 10.6 Å². The van der Waals surface area contributed by atoms with Crippen molar-refractivity contribution in [3.8, 4) is 0 Å². The Bertz CT molecular complexity index is 1450. The summed E-state index contributed by atoms with van der Waals surface area (Å²) in [4.78, 5) is 42.1. The molecular weight excluding hydrogens is 566 g/mol. The fourth-order valence-electron chi connectivity index (χ4n) is 6.56. The van der Waals surface area contributed by atoms with Gasteiger partial charge in [0.1, 0.15) is 17.9 Å². The Balaban J connectivity index is 1.52. The predicted octanol–water partition coefficient (Wildman–Crippen LogP) is 3.00. The molecule has 3 aromatic rings. The molecule has 2 amide bonds. The number of hydrogen-bond donors (Lipinski definition) is 4. The first-order chi connectivity index (χ1) is 20.7. The van der Waals surface area contributed by atoms with E-state index >= 15 is 0 Å². The van der Waals surface area contributed by atoms with Crippen molar-refractivity contribution in [1.82, 2.24) is 15.5 Å². The van der Waals surface area contributed by atoms with Crippen LogP contribution in [0.2, 0.25) is 0 Å². The average molecular weight is 604 g/mol. The summed E-state index contributed by atoms with van der Waals surface area (Å²) in [5, 5.41) is 27.4. The van der Waals surface area contributed by atoms with Gasteiger partial charge in [0.25, 0.3) is 0 Å². The van der Waals surface area contributed by atoms with Crippen LogP contribution in [0.1, 0.15) is 46.7 Å². The second-order valence-corrected chi connectivity index (χ2v) is 12.3. The van der Waals surface area contributed by atoms with Crippen LogP contribution in [-0.2, 0) is 33.8 Å². The lowest BCUT2D eigenvalue weighted by molar-refractivity contribution is -0.143. The van der Waals surface area contributed by atoms with Crippen LogP contribution < -0.4 is 10.6 Å². The normalized spacial score (nSPS) is 23.6. The third-order valence-electron chi connectivity index (χ3n) is 8.77. The zero-order valence-electron chi connectivity index (χ0n) is 24.2. The number of nitrogens with one attached hydrogen (secondary N) is 2. The molecule has 8 nitrogen and oxygen atoms in total. The SMILES string of the molecule is Cc1ccccc1CNC(=O)[C@@H]1C[C@H](Cl)CN1[C@](Cc1ccccc1)(C[C@H](O)C=O)C(=O)N[C@H]1c2ccccc2C[C@H]1O. The van der Waals surface area contributed by atoms with Crippen LogP contribution in [0.25, 0.3) is 0 Å². The molecule has 0 saturated carbocycles. The smallest absolute Gasteiger partial charge is 0.241 e. The van der Waals surface area contributed by atoms with Crippen LogP contribution in [0.4, 0.5) is 0 Å². The second-order valence-electron chi connectivity index (χ2n) is 11.7. The molecule has 9 heteroatoms. The zero-order valence-corrected chi connectivity index (χ0v) is 24.9. The number of aldehydes is 1. The molecule has 1 fully saturated rings. The summed E-state index contributed by atoms with van der Waals surface area (Å²) in [6.45, 7) is 2.48. The van der Waals surface area contributed by atoms with E-state index in [1.165, 1.54) is 0 Å². The molecule has 6 atom stereocenters. The minimum atomic E-state index is -1.53. The largest absolute Gasteiger partial charge is 0.390 e. The summed E-state index contributed by atoms with van der Waals surface area (Å²) >= 11 is 6.71. The standard InChI is InChI=1S/C34H38ClN3O5/c1-22-9-5-6-13-25(22)19-36-32(42)29-16-26(35)20-38(29)34(18-27(40)21-39,17-23-10-3-2-4-11-23)33(43)37-31-28-14-8-7-12-24(28)15-30(31)41/h2-14,21,26-27,29-31,40-41H,15-20H2,1H3,(H,36,42)(H,37,43)/t26-,27-,29-,30+,31-,34+/m0/s1. The molecule has 43 heavy (non-hydrogen) atoms. The highest BCUT2D eigenvalue weighted by Gasteiger charge is 2.54. The number of hydrogen-bond acceptors (Lipinski definition) is 6. The van der Waals surface area contributed by atoms with Crippen LogP contribution in [-0.4, -0.2) is 68.9 Å². The fourth-order valence-corrected chi connectivity index (χ4v) is 6.88. The minimum absolute atomic E-state index is 0.111. The number of rotatable bonds is 11. The van der Waals surface area contributed by atoms with Crippen LogP contribution >= 0.6 is 11.6 Å². The van der Waals surface area contributed by atoms with E-state index in [1.807, 2.05) is 85.8 Å². The number of carbonyl (C=O) groups is 3.